The van der Waals surface area contributed by atoms with Crippen LogP contribution in [-0.4, -0.2) is 36.6 Å². The maximum Gasteiger partial charge on any atom is 0.264 e. The summed E-state index contributed by atoms with van der Waals surface area (Å²) in [6.45, 7) is 1.82. The number of halogens is 3. The first kappa shape index (κ1) is 18.5. The predicted octanol–water partition coefficient (Wildman–Crippen LogP) is 2.01. The van der Waals surface area contributed by atoms with Gasteiger partial charge in [-0.2, -0.15) is 0 Å². The fourth-order valence-corrected chi connectivity index (χ4v) is 3.06. The summed E-state index contributed by atoms with van der Waals surface area (Å²) in [5.74, 6) is -1.68. The van der Waals surface area contributed by atoms with Gasteiger partial charge in [-0.25, -0.2) is 12.8 Å². The fourth-order valence-electron chi connectivity index (χ4n) is 1.34. The number of nitrogens with one attached hydrogen (secondary N) is 1. The van der Waals surface area contributed by atoms with Gasteiger partial charge in [0.25, 0.3) is 15.0 Å². The Balaban J connectivity index is 3.08. The maximum atomic E-state index is 13.5. The topological polar surface area (TPSA) is 80.3 Å². The van der Waals surface area contributed by atoms with E-state index in [1.807, 2.05) is 0 Å². The van der Waals surface area contributed by atoms with Crippen molar-refractivity contribution in [3.63, 3.8) is 0 Å². The molecule has 21 heavy (non-hydrogen) atoms. The number of hydrogen-bond acceptors (Lipinski definition) is 4. The van der Waals surface area contributed by atoms with Crippen molar-refractivity contribution in [2.24, 2.45) is 0 Å². The van der Waals surface area contributed by atoms with Gasteiger partial charge in [-0.15, -0.1) is 0 Å². The first-order valence-corrected chi connectivity index (χ1v) is 10.3. The van der Waals surface area contributed by atoms with E-state index in [4.69, 9.17) is 10.7 Å². The molecule has 2 atom stereocenters. The van der Waals surface area contributed by atoms with E-state index < -0.39 is 36.5 Å². The lowest BCUT2D eigenvalue weighted by atomic mass is 10.2. The summed E-state index contributed by atoms with van der Waals surface area (Å²) in [6, 6.07) is 1.70. The molecule has 1 N–H and O–H groups in total. The zero-order chi connectivity index (χ0) is 16.4. The maximum absolute atomic E-state index is 13.5. The van der Waals surface area contributed by atoms with Crippen LogP contribution in [-0.2, 0) is 19.9 Å². The molecule has 0 radical (unpaired) electrons. The van der Waals surface area contributed by atoms with Crippen molar-refractivity contribution in [1.82, 2.24) is 5.32 Å². The molecule has 1 amide bonds. The quantitative estimate of drug-likeness (QED) is 0.739. The Bertz CT molecular complexity index is 696. The molecular weight excluding hydrogens is 409 g/mol. The lowest BCUT2D eigenvalue weighted by molar-refractivity contribution is 0.0953. The van der Waals surface area contributed by atoms with E-state index >= 15 is 0 Å². The minimum Gasteiger partial charge on any atom is -0.351 e. The minimum atomic E-state index is -4.30. The minimum absolute atomic E-state index is 0.0790. The second-order valence-electron chi connectivity index (χ2n) is 4.22. The molecule has 0 aliphatic rings. The van der Waals surface area contributed by atoms with E-state index in [-0.39, 0.29) is 21.8 Å². The Hall–Kier alpha value is -0.510. The third-order valence-electron chi connectivity index (χ3n) is 2.65. The van der Waals surface area contributed by atoms with Crippen molar-refractivity contribution in [3.05, 3.63) is 28.0 Å². The van der Waals surface area contributed by atoms with Gasteiger partial charge < -0.3 is 5.32 Å². The van der Waals surface area contributed by atoms with Crippen molar-refractivity contribution in [3.8, 4) is 0 Å². The molecule has 1 aromatic rings. The second kappa shape index (κ2) is 7.17. The molecule has 0 aliphatic heterocycles. The molecular formula is C11H12BrClFNO4S2. The van der Waals surface area contributed by atoms with Gasteiger partial charge in [0.05, 0.1) is 5.56 Å². The summed E-state index contributed by atoms with van der Waals surface area (Å²) >= 11 is 2.99. The Morgan fingerprint density at radius 1 is 1.52 bits per heavy atom. The first-order valence-electron chi connectivity index (χ1n) is 5.58. The number of amides is 1. The predicted molar refractivity (Wildman–Crippen MR) is 83.0 cm³/mol. The van der Waals surface area contributed by atoms with Crippen LogP contribution >= 0.6 is 26.6 Å². The molecule has 2 unspecified atom stereocenters. The molecule has 0 saturated heterocycles. The number of rotatable bonds is 5. The average Bonchev–Trinajstić information content (AvgIpc) is 2.33. The van der Waals surface area contributed by atoms with Gasteiger partial charge >= 0.3 is 0 Å². The van der Waals surface area contributed by atoms with Gasteiger partial charge in [-0.05, 0) is 35.0 Å². The number of benzene rings is 1. The van der Waals surface area contributed by atoms with Crippen molar-refractivity contribution in [2.45, 2.75) is 17.1 Å². The highest BCUT2D eigenvalue weighted by Crippen LogP contribution is 2.26. The SMILES string of the molecule is CC(CNC(=O)c1cc(S(=O)(=O)Cl)c(F)cc1Br)S(C)=O. The van der Waals surface area contributed by atoms with E-state index in [0.717, 1.165) is 12.1 Å². The molecule has 0 bridgehead atoms. The van der Waals surface area contributed by atoms with Crippen LogP contribution in [0, 0.1) is 5.82 Å². The van der Waals surface area contributed by atoms with Crippen molar-refractivity contribution < 1.29 is 21.8 Å². The Morgan fingerprint density at radius 2 is 2.10 bits per heavy atom. The number of hydrogen-bond donors (Lipinski definition) is 1. The van der Waals surface area contributed by atoms with E-state index in [1.165, 1.54) is 6.26 Å². The van der Waals surface area contributed by atoms with Gasteiger partial charge in [0.2, 0.25) is 0 Å². The highest BCUT2D eigenvalue weighted by Gasteiger charge is 2.22. The third kappa shape index (κ3) is 5.01. The van der Waals surface area contributed by atoms with Crippen molar-refractivity contribution in [2.75, 3.05) is 12.8 Å². The average molecular weight is 421 g/mol. The monoisotopic (exact) mass is 419 g/mol. The summed E-state index contributed by atoms with van der Waals surface area (Å²) in [5, 5.41) is 2.22. The summed E-state index contributed by atoms with van der Waals surface area (Å²) in [6.07, 6.45) is 1.50. The lowest BCUT2D eigenvalue weighted by Gasteiger charge is -2.11. The van der Waals surface area contributed by atoms with E-state index in [1.54, 1.807) is 6.92 Å². The van der Waals surface area contributed by atoms with E-state index in [2.05, 4.69) is 21.2 Å². The van der Waals surface area contributed by atoms with Crippen LogP contribution in [0.1, 0.15) is 17.3 Å². The molecule has 0 aliphatic carbocycles. The summed E-state index contributed by atoms with van der Waals surface area (Å²) in [4.78, 5) is 11.2. The van der Waals surface area contributed by atoms with Crippen LogP contribution in [0.2, 0.25) is 0 Å². The van der Waals surface area contributed by atoms with E-state index in [0.29, 0.717) is 0 Å². The zero-order valence-electron chi connectivity index (χ0n) is 11.0. The third-order valence-corrected chi connectivity index (χ3v) is 5.94. The smallest absolute Gasteiger partial charge is 0.264 e. The molecule has 0 fully saturated rings. The highest BCUT2D eigenvalue weighted by atomic mass is 79.9. The van der Waals surface area contributed by atoms with Crippen LogP contribution in [0.5, 0.6) is 0 Å². The Kier molecular flexibility index (Phi) is 6.33. The molecule has 0 aromatic heterocycles. The molecule has 118 valence electrons. The standard InChI is InChI=1S/C11H12BrClFNO4S2/c1-6(20(2)17)5-15-11(16)7-3-10(21(13,18)19)9(14)4-8(7)12/h3-4,6H,5H2,1-2H3,(H,15,16). The molecule has 1 rings (SSSR count). The summed E-state index contributed by atoms with van der Waals surface area (Å²) in [7, 11) is -0.310. The first-order chi connectivity index (χ1) is 9.54. The largest absolute Gasteiger partial charge is 0.351 e. The van der Waals surface area contributed by atoms with Crippen molar-refractivity contribution in [1.29, 1.82) is 0 Å². The van der Waals surface area contributed by atoms with Gasteiger partial charge in [0.1, 0.15) is 10.7 Å². The fraction of sp³-hybridized carbons (Fsp3) is 0.364. The van der Waals surface area contributed by atoms with Gasteiger partial charge in [-0.3, -0.25) is 9.00 Å². The zero-order valence-corrected chi connectivity index (χ0v) is 15.0. The lowest BCUT2D eigenvalue weighted by Crippen LogP contribution is -2.32. The molecule has 0 saturated carbocycles. The second-order valence-corrected chi connectivity index (χ2v) is 9.41. The molecule has 10 heteroatoms. The van der Waals surface area contributed by atoms with Gasteiger partial charge in [-0.1, -0.05) is 0 Å². The highest BCUT2D eigenvalue weighted by molar-refractivity contribution is 9.10. The van der Waals surface area contributed by atoms with Crippen LogP contribution in [0.15, 0.2) is 21.5 Å². The molecule has 0 spiro atoms. The number of carbonyl (C=O) groups excluding carboxylic acids is 1. The van der Waals surface area contributed by atoms with Crippen molar-refractivity contribution >= 4 is 52.4 Å². The normalized spacial score (nSPS) is 14.5. The summed E-state index contributed by atoms with van der Waals surface area (Å²) in [5.41, 5.74) is -0.0790. The molecule has 5 nitrogen and oxygen atoms in total. The summed E-state index contributed by atoms with van der Waals surface area (Å²) < 4.78 is 47.3. The van der Waals surface area contributed by atoms with Crippen LogP contribution < -0.4 is 5.32 Å². The molecule has 1 aromatic carbocycles. The Labute approximate surface area is 137 Å². The van der Waals surface area contributed by atoms with Crippen LogP contribution in [0.3, 0.4) is 0 Å². The number of carbonyl (C=O) groups is 1. The van der Waals surface area contributed by atoms with Gasteiger partial charge in [0.15, 0.2) is 0 Å². The molecule has 0 heterocycles. The van der Waals surface area contributed by atoms with Crippen LogP contribution in [0.25, 0.3) is 0 Å². The van der Waals surface area contributed by atoms with Crippen LogP contribution in [0.4, 0.5) is 4.39 Å². The van der Waals surface area contributed by atoms with E-state index in [9.17, 15) is 21.8 Å². The Morgan fingerprint density at radius 3 is 2.57 bits per heavy atom. The van der Waals surface area contributed by atoms with Gasteiger partial charge in [0, 0.05) is 44.0 Å².